The molecule has 1 unspecified atom stereocenters. The average molecular weight is 389 g/mol. The third-order valence-corrected chi connectivity index (χ3v) is 6.24. The maximum atomic E-state index is 12.9. The van der Waals surface area contributed by atoms with Crippen molar-refractivity contribution in [3.8, 4) is 10.7 Å². The lowest BCUT2D eigenvalue weighted by molar-refractivity contribution is 0.0936. The molecule has 1 aliphatic rings. The van der Waals surface area contributed by atoms with E-state index >= 15 is 0 Å². The van der Waals surface area contributed by atoms with Gasteiger partial charge in [-0.2, -0.15) is 4.52 Å². The van der Waals surface area contributed by atoms with Crippen molar-refractivity contribution < 1.29 is 4.79 Å². The predicted octanol–water partition coefficient (Wildman–Crippen LogP) is 3.77. The van der Waals surface area contributed by atoms with E-state index in [1.807, 2.05) is 30.5 Å². The second-order valence-electron chi connectivity index (χ2n) is 7.07. The Labute approximate surface area is 166 Å². The molecule has 6 nitrogen and oxygen atoms in total. The molecule has 0 radical (unpaired) electrons. The number of nitrogens with two attached hydrogens (primary N) is 1. The fourth-order valence-electron chi connectivity index (χ4n) is 3.79. The molecule has 7 heteroatoms. The number of benzene rings is 1. The van der Waals surface area contributed by atoms with E-state index in [0.29, 0.717) is 22.9 Å². The minimum absolute atomic E-state index is 0.0309. The van der Waals surface area contributed by atoms with Crippen LogP contribution in [0.3, 0.4) is 0 Å². The number of anilines is 1. The molecule has 0 saturated heterocycles. The zero-order valence-electron chi connectivity index (χ0n) is 15.3. The number of nitrogen functional groups attached to an aromatic ring is 1. The van der Waals surface area contributed by atoms with Gasteiger partial charge in [-0.05, 0) is 60.0 Å². The molecule has 0 spiro atoms. The van der Waals surface area contributed by atoms with E-state index in [-0.39, 0.29) is 11.9 Å². The normalized spacial score (nSPS) is 15.7. The number of carbonyl (C=O) groups is 1. The Balaban J connectivity index is 1.46. The zero-order chi connectivity index (χ0) is 19.3. The van der Waals surface area contributed by atoms with Gasteiger partial charge >= 0.3 is 0 Å². The van der Waals surface area contributed by atoms with E-state index in [4.69, 9.17) is 5.73 Å². The van der Waals surface area contributed by atoms with Gasteiger partial charge in [0.2, 0.25) is 0 Å². The molecule has 28 heavy (non-hydrogen) atoms. The van der Waals surface area contributed by atoms with E-state index in [2.05, 4.69) is 27.5 Å². The summed E-state index contributed by atoms with van der Waals surface area (Å²) in [4.78, 5) is 18.5. The number of aromatic nitrogens is 3. The van der Waals surface area contributed by atoms with Gasteiger partial charge in [-0.3, -0.25) is 4.79 Å². The number of thiophene rings is 1. The number of nitrogens with one attached hydrogen (secondary N) is 1. The lowest BCUT2D eigenvalue weighted by atomic mass is 10.1. The monoisotopic (exact) mass is 389 g/mol. The highest BCUT2D eigenvalue weighted by Crippen LogP contribution is 2.31. The van der Waals surface area contributed by atoms with Crippen LogP contribution in [-0.4, -0.2) is 20.5 Å². The van der Waals surface area contributed by atoms with Gasteiger partial charge in [-0.25, -0.2) is 4.98 Å². The van der Waals surface area contributed by atoms with Crippen LogP contribution in [0.15, 0.2) is 47.8 Å². The van der Waals surface area contributed by atoms with Gasteiger partial charge < -0.3 is 11.1 Å². The van der Waals surface area contributed by atoms with Crippen molar-refractivity contribution in [2.45, 2.75) is 25.8 Å². The van der Waals surface area contributed by atoms with Crippen LogP contribution in [-0.2, 0) is 6.42 Å². The number of nitrogens with zero attached hydrogens (tertiary/aromatic N) is 3. The van der Waals surface area contributed by atoms with Crippen molar-refractivity contribution in [1.82, 2.24) is 19.9 Å². The first-order valence-electron chi connectivity index (χ1n) is 9.19. The van der Waals surface area contributed by atoms with E-state index in [0.717, 1.165) is 23.3 Å². The van der Waals surface area contributed by atoms with Crippen LogP contribution in [0.2, 0.25) is 0 Å². The smallest absolute Gasteiger partial charge is 0.252 e. The molecule has 1 atom stereocenters. The van der Waals surface area contributed by atoms with Gasteiger partial charge in [0.05, 0.1) is 10.9 Å². The third kappa shape index (κ3) is 2.75. The van der Waals surface area contributed by atoms with Crippen molar-refractivity contribution in [3.63, 3.8) is 0 Å². The number of hydrogen-bond donors (Lipinski definition) is 2. The fourth-order valence-corrected chi connectivity index (χ4v) is 4.64. The fraction of sp³-hybridized carbons (Fsp3) is 0.190. The number of fused-ring (bicyclic) bond motifs is 2. The first-order chi connectivity index (χ1) is 13.6. The summed E-state index contributed by atoms with van der Waals surface area (Å²) >= 11 is 1.59. The van der Waals surface area contributed by atoms with Crippen LogP contribution >= 0.6 is 11.3 Å². The first-order valence-corrected chi connectivity index (χ1v) is 10.1. The summed E-state index contributed by atoms with van der Waals surface area (Å²) in [6, 6.07) is 13.7. The van der Waals surface area contributed by atoms with Crippen LogP contribution in [0.25, 0.3) is 16.3 Å². The van der Waals surface area contributed by atoms with Gasteiger partial charge in [-0.15, -0.1) is 16.4 Å². The third-order valence-electron chi connectivity index (χ3n) is 5.23. The molecule has 0 saturated carbocycles. The molecule has 3 aromatic heterocycles. The Kier molecular flexibility index (Phi) is 3.91. The summed E-state index contributed by atoms with van der Waals surface area (Å²) in [5.41, 5.74) is 10.9. The molecule has 1 aromatic carbocycles. The molecular formula is C21H19N5OS. The molecule has 1 amide bonds. The van der Waals surface area contributed by atoms with Gasteiger partial charge in [-0.1, -0.05) is 24.3 Å². The molecule has 3 heterocycles. The van der Waals surface area contributed by atoms with Crippen molar-refractivity contribution in [2.24, 2.45) is 0 Å². The van der Waals surface area contributed by atoms with Crippen molar-refractivity contribution in [1.29, 1.82) is 0 Å². The number of carbonyl (C=O) groups excluding carboxylic acids is 1. The van der Waals surface area contributed by atoms with Gasteiger partial charge in [0.1, 0.15) is 5.82 Å². The number of aryl methyl sites for hydroxylation is 2. The van der Waals surface area contributed by atoms with Crippen LogP contribution in [0.4, 0.5) is 5.82 Å². The summed E-state index contributed by atoms with van der Waals surface area (Å²) in [6.45, 7) is 2.03. The van der Waals surface area contributed by atoms with Crippen LogP contribution < -0.4 is 11.1 Å². The molecule has 0 aliphatic heterocycles. The number of amides is 1. The first kappa shape index (κ1) is 16.9. The second kappa shape index (κ2) is 6.45. The zero-order valence-corrected chi connectivity index (χ0v) is 16.2. The highest BCUT2D eigenvalue weighted by molar-refractivity contribution is 7.13. The molecule has 4 aromatic rings. The van der Waals surface area contributed by atoms with Crippen molar-refractivity contribution >= 4 is 28.7 Å². The standard InChI is InChI=1S/C21H19N5OS/c1-12-8-9-28-19(12)20-24-18-11-14(10-17(22)26(18)25-20)21(27)23-16-7-6-13-4-2-3-5-15(13)16/h2-5,8-11,16H,6-7,22H2,1H3,(H,23,27). The van der Waals surface area contributed by atoms with Crippen LogP contribution in [0.5, 0.6) is 0 Å². The number of rotatable bonds is 3. The Bertz CT molecular complexity index is 1210. The van der Waals surface area contributed by atoms with E-state index in [1.54, 1.807) is 28.0 Å². The van der Waals surface area contributed by atoms with Gasteiger partial charge in [0.15, 0.2) is 11.5 Å². The van der Waals surface area contributed by atoms with Crippen LogP contribution in [0, 0.1) is 6.92 Å². The number of hydrogen-bond acceptors (Lipinski definition) is 5. The molecule has 5 rings (SSSR count). The van der Waals surface area contributed by atoms with E-state index in [9.17, 15) is 4.79 Å². The molecule has 1 aliphatic carbocycles. The molecule has 0 fully saturated rings. The van der Waals surface area contributed by atoms with Gasteiger partial charge in [0, 0.05) is 5.56 Å². The predicted molar refractivity (Wildman–Crippen MR) is 110 cm³/mol. The van der Waals surface area contributed by atoms with Crippen molar-refractivity contribution in [3.05, 3.63) is 70.1 Å². The largest absolute Gasteiger partial charge is 0.384 e. The van der Waals surface area contributed by atoms with E-state index in [1.165, 1.54) is 11.1 Å². The molecule has 3 N–H and O–H groups in total. The van der Waals surface area contributed by atoms with Crippen LogP contribution in [0.1, 0.15) is 39.5 Å². The summed E-state index contributed by atoms with van der Waals surface area (Å²) in [5.74, 6) is 0.872. The second-order valence-corrected chi connectivity index (χ2v) is 7.99. The summed E-state index contributed by atoms with van der Waals surface area (Å²) in [5, 5.41) is 9.66. The average Bonchev–Trinajstić information content (AvgIpc) is 3.40. The van der Waals surface area contributed by atoms with E-state index < -0.39 is 0 Å². The molecule has 140 valence electrons. The quantitative estimate of drug-likeness (QED) is 0.559. The lowest BCUT2D eigenvalue weighted by Crippen LogP contribution is -2.27. The lowest BCUT2D eigenvalue weighted by Gasteiger charge is -2.14. The minimum Gasteiger partial charge on any atom is -0.384 e. The number of pyridine rings is 1. The topological polar surface area (TPSA) is 85.3 Å². The molecular weight excluding hydrogens is 370 g/mol. The van der Waals surface area contributed by atoms with Gasteiger partial charge in [0.25, 0.3) is 5.91 Å². The Hall–Kier alpha value is -3.19. The Morgan fingerprint density at radius 2 is 2.14 bits per heavy atom. The summed E-state index contributed by atoms with van der Waals surface area (Å²) < 4.78 is 1.58. The van der Waals surface area contributed by atoms with Crippen molar-refractivity contribution in [2.75, 3.05) is 5.73 Å². The minimum atomic E-state index is -0.146. The molecule has 0 bridgehead atoms. The SMILES string of the molecule is Cc1ccsc1-c1nc2cc(C(=O)NC3CCc4ccccc43)cc(N)n2n1. The summed E-state index contributed by atoms with van der Waals surface area (Å²) in [7, 11) is 0. The highest BCUT2D eigenvalue weighted by Gasteiger charge is 2.24. The Morgan fingerprint density at radius 3 is 2.96 bits per heavy atom. The maximum absolute atomic E-state index is 12.9. The maximum Gasteiger partial charge on any atom is 0.252 e. The summed E-state index contributed by atoms with van der Waals surface area (Å²) in [6.07, 6.45) is 1.89. The Morgan fingerprint density at radius 1 is 1.29 bits per heavy atom. The highest BCUT2D eigenvalue weighted by atomic mass is 32.1.